The van der Waals surface area contributed by atoms with Crippen molar-refractivity contribution in [2.24, 2.45) is 0 Å². The first-order chi connectivity index (χ1) is 16.3. The maximum Gasteiger partial charge on any atom is 0.320 e. The number of piperidine rings is 1. The molecule has 1 N–H and O–H groups in total. The van der Waals surface area contributed by atoms with Gasteiger partial charge in [0.05, 0.1) is 23.0 Å². The molecule has 0 bridgehead atoms. The lowest BCUT2D eigenvalue weighted by atomic mass is 9.71. The maximum absolute atomic E-state index is 13.8. The molecule has 8 heteroatoms. The molecule has 7 nitrogen and oxygen atoms in total. The second kappa shape index (κ2) is 10.2. The van der Waals surface area contributed by atoms with Crippen molar-refractivity contribution >= 4 is 21.8 Å². The molecule has 0 saturated carbocycles. The van der Waals surface area contributed by atoms with Gasteiger partial charge in [0, 0.05) is 26.2 Å². The predicted molar refractivity (Wildman–Crippen MR) is 132 cm³/mol. The molecule has 2 aliphatic heterocycles. The Morgan fingerprint density at radius 2 is 1.41 bits per heavy atom. The lowest BCUT2D eigenvalue weighted by molar-refractivity contribution is -0.129. The van der Waals surface area contributed by atoms with Gasteiger partial charge in [0.1, 0.15) is 0 Å². The molecule has 2 aliphatic rings. The van der Waals surface area contributed by atoms with E-state index in [1.807, 2.05) is 60.7 Å². The average molecular weight is 484 g/mol. The lowest BCUT2D eigenvalue weighted by Crippen LogP contribution is -2.56. The summed E-state index contributed by atoms with van der Waals surface area (Å²) in [6.45, 7) is 3.43. The molecule has 0 aliphatic carbocycles. The van der Waals surface area contributed by atoms with Crippen molar-refractivity contribution in [3.63, 3.8) is 0 Å². The van der Waals surface area contributed by atoms with Gasteiger partial charge in [0.15, 0.2) is 9.84 Å². The van der Waals surface area contributed by atoms with Crippen molar-refractivity contribution < 1.29 is 18.0 Å². The minimum atomic E-state index is -3.05. The standard InChI is InChI=1S/C26H33N3O4S/c1-2-23(21-9-5-3-6-10-21)27-24(30)26(22-11-7-4-8-12-22)13-15-28(16-14-26)25(31)29-17-19-34(32,33)20-18-29/h3-12,23H,2,13-20H2,1H3,(H,27,30)/t23-/m0/s1. The molecule has 182 valence electrons. The Hall–Kier alpha value is -2.87. The van der Waals surface area contributed by atoms with Crippen molar-refractivity contribution in [2.45, 2.75) is 37.6 Å². The molecular weight excluding hydrogens is 450 g/mol. The number of nitrogens with one attached hydrogen (secondary N) is 1. The van der Waals surface area contributed by atoms with Gasteiger partial charge in [-0.3, -0.25) is 4.79 Å². The monoisotopic (exact) mass is 483 g/mol. The van der Waals surface area contributed by atoms with E-state index in [4.69, 9.17) is 0 Å². The minimum Gasteiger partial charge on any atom is -0.349 e. The summed E-state index contributed by atoms with van der Waals surface area (Å²) in [7, 11) is -3.05. The Morgan fingerprint density at radius 1 is 0.882 bits per heavy atom. The predicted octanol–water partition coefficient (Wildman–Crippen LogP) is 3.14. The maximum atomic E-state index is 13.8. The molecule has 0 spiro atoms. The first-order valence-electron chi connectivity index (χ1n) is 12.0. The van der Waals surface area contributed by atoms with E-state index in [-0.39, 0.29) is 42.6 Å². The summed E-state index contributed by atoms with van der Waals surface area (Å²) in [6, 6.07) is 19.6. The fourth-order valence-corrected chi connectivity index (χ4v) is 6.19. The summed E-state index contributed by atoms with van der Waals surface area (Å²) in [5.74, 6) is 0.0207. The Morgan fingerprint density at radius 3 is 1.97 bits per heavy atom. The van der Waals surface area contributed by atoms with E-state index >= 15 is 0 Å². The van der Waals surface area contributed by atoms with Gasteiger partial charge in [-0.05, 0) is 30.4 Å². The molecule has 3 amide bonds. The highest BCUT2D eigenvalue weighted by Crippen LogP contribution is 2.37. The van der Waals surface area contributed by atoms with Gasteiger partial charge in [-0.2, -0.15) is 0 Å². The number of likely N-dealkylation sites (tertiary alicyclic amines) is 1. The van der Waals surface area contributed by atoms with Gasteiger partial charge in [-0.15, -0.1) is 0 Å². The zero-order valence-electron chi connectivity index (χ0n) is 19.7. The SMILES string of the molecule is CC[C@H](NC(=O)C1(c2ccccc2)CCN(C(=O)N2CCS(=O)(=O)CC2)CC1)c1ccccc1. The van der Waals surface area contributed by atoms with E-state index in [2.05, 4.69) is 12.2 Å². The topological polar surface area (TPSA) is 86.8 Å². The van der Waals surface area contributed by atoms with E-state index in [0.29, 0.717) is 25.9 Å². The van der Waals surface area contributed by atoms with Crippen LogP contribution in [0.15, 0.2) is 60.7 Å². The number of urea groups is 1. The van der Waals surface area contributed by atoms with E-state index in [0.717, 1.165) is 17.5 Å². The summed E-state index contributed by atoms with van der Waals surface area (Å²) in [5.41, 5.74) is 1.33. The first-order valence-corrected chi connectivity index (χ1v) is 13.8. The van der Waals surface area contributed by atoms with Gasteiger partial charge in [0.2, 0.25) is 5.91 Å². The molecule has 0 radical (unpaired) electrons. The van der Waals surface area contributed by atoms with Crippen LogP contribution >= 0.6 is 0 Å². The molecule has 1 atom stereocenters. The van der Waals surface area contributed by atoms with Gasteiger partial charge in [-0.25, -0.2) is 13.2 Å². The van der Waals surface area contributed by atoms with E-state index in [9.17, 15) is 18.0 Å². The highest BCUT2D eigenvalue weighted by atomic mass is 32.2. The van der Waals surface area contributed by atoms with Crippen LogP contribution in [0.1, 0.15) is 43.4 Å². The number of sulfone groups is 1. The average Bonchev–Trinajstić information content (AvgIpc) is 2.88. The second-order valence-electron chi connectivity index (χ2n) is 9.20. The first kappa shape index (κ1) is 24.3. The second-order valence-corrected chi connectivity index (χ2v) is 11.5. The van der Waals surface area contributed by atoms with Crippen molar-refractivity contribution in [1.29, 1.82) is 0 Å². The summed E-state index contributed by atoms with van der Waals surface area (Å²) in [4.78, 5) is 30.3. The Bertz CT molecular complexity index is 1080. The number of amides is 3. The lowest BCUT2D eigenvalue weighted by Gasteiger charge is -2.43. The number of benzene rings is 2. The smallest absolute Gasteiger partial charge is 0.320 e. The van der Waals surface area contributed by atoms with E-state index < -0.39 is 15.3 Å². The third-order valence-electron chi connectivity index (χ3n) is 7.18. The largest absolute Gasteiger partial charge is 0.349 e. The zero-order chi connectivity index (χ0) is 24.2. The molecule has 2 heterocycles. The van der Waals surface area contributed by atoms with Crippen LogP contribution in [0.2, 0.25) is 0 Å². The van der Waals surface area contributed by atoms with Crippen LogP contribution < -0.4 is 5.32 Å². The Balaban J connectivity index is 1.50. The number of nitrogens with zero attached hydrogens (tertiary/aromatic N) is 2. The fourth-order valence-electron chi connectivity index (χ4n) is 4.99. The molecule has 2 aromatic carbocycles. The van der Waals surface area contributed by atoms with Crippen LogP contribution in [-0.2, 0) is 20.0 Å². The molecular formula is C26H33N3O4S. The number of carbonyl (C=O) groups excluding carboxylic acids is 2. The number of carbonyl (C=O) groups is 2. The quantitative estimate of drug-likeness (QED) is 0.708. The van der Waals surface area contributed by atoms with Gasteiger partial charge < -0.3 is 15.1 Å². The molecule has 0 unspecified atom stereocenters. The highest BCUT2D eigenvalue weighted by molar-refractivity contribution is 7.91. The molecule has 4 rings (SSSR count). The van der Waals surface area contributed by atoms with Crippen LogP contribution in [0, 0.1) is 0 Å². The fraction of sp³-hybridized carbons (Fsp3) is 0.462. The van der Waals surface area contributed by atoms with Crippen molar-refractivity contribution in [1.82, 2.24) is 15.1 Å². The number of hydrogen-bond donors (Lipinski definition) is 1. The molecule has 2 aromatic rings. The third-order valence-corrected chi connectivity index (χ3v) is 8.79. The third kappa shape index (κ3) is 5.12. The van der Waals surface area contributed by atoms with Crippen molar-refractivity contribution in [2.75, 3.05) is 37.7 Å². The zero-order valence-corrected chi connectivity index (χ0v) is 20.5. The molecule has 2 saturated heterocycles. The number of hydrogen-bond acceptors (Lipinski definition) is 4. The molecule has 0 aromatic heterocycles. The Labute approximate surface area is 202 Å². The minimum absolute atomic E-state index is 0.00873. The molecule has 34 heavy (non-hydrogen) atoms. The Kier molecular flexibility index (Phi) is 7.26. The summed E-state index contributed by atoms with van der Waals surface area (Å²) < 4.78 is 23.5. The summed E-state index contributed by atoms with van der Waals surface area (Å²) in [5, 5.41) is 3.29. The van der Waals surface area contributed by atoms with Crippen LogP contribution in [-0.4, -0.2) is 67.8 Å². The molecule has 2 fully saturated rings. The van der Waals surface area contributed by atoms with Crippen LogP contribution in [0.3, 0.4) is 0 Å². The normalized spacial score (nSPS) is 20.4. The number of rotatable bonds is 5. The van der Waals surface area contributed by atoms with Crippen molar-refractivity contribution in [3.8, 4) is 0 Å². The summed E-state index contributed by atoms with van der Waals surface area (Å²) >= 11 is 0. The highest BCUT2D eigenvalue weighted by Gasteiger charge is 2.45. The van der Waals surface area contributed by atoms with Gasteiger partial charge >= 0.3 is 6.03 Å². The van der Waals surface area contributed by atoms with Gasteiger partial charge in [0.25, 0.3) is 0 Å². The van der Waals surface area contributed by atoms with Crippen LogP contribution in [0.4, 0.5) is 4.79 Å². The van der Waals surface area contributed by atoms with E-state index in [1.165, 1.54) is 0 Å². The van der Waals surface area contributed by atoms with Crippen LogP contribution in [0.5, 0.6) is 0 Å². The van der Waals surface area contributed by atoms with E-state index in [1.54, 1.807) is 9.80 Å². The van der Waals surface area contributed by atoms with Crippen LogP contribution in [0.25, 0.3) is 0 Å². The van der Waals surface area contributed by atoms with Crippen molar-refractivity contribution in [3.05, 3.63) is 71.8 Å². The van der Waals surface area contributed by atoms with Gasteiger partial charge in [-0.1, -0.05) is 67.6 Å². The summed E-state index contributed by atoms with van der Waals surface area (Å²) in [6.07, 6.45) is 1.82.